The molecule has 2 bridgehead atoms. The van der Waals surface area contributed by atoms with E-state index in [0.717, 1.165) is 24.1 Å². The van der Waals surface area contributed by atoms with Gasteiger partial charge in [-0.1, -0.05) is 6.07 Å². The van der Waals surface area contributed by atoms with Crippen molar-refractivity contribution in [2.75, 3.05) is 5.32 Å². The molecule has 2 N–H and O–H groups in total. The van der Waals surface area contributed by atoms with Gasteiger partial charge in [0, 0.05) is 17.8 Å². The highest BCUT2D eigenvalue weighted by molar-refractivity contribution is 5.94. The van der Waals surface area contributed by atoms with Crippen LogP contribution in [0.3, 0.4) is 0 Å². The molecule has 4 nitrogen and oxygen atoms in total. The highest BCUT2D eigenvalue weighted by Crippen LogP contribution is 2.34. The van der Waals surface area contributed by atoms with Gasteiger partial charge in [-0.05, 0) is 43.9 Å². The van der Waals surface area contributed by atoms with E-state index in [1.807, 2.05) is 13.0 Å². The Morgan fingerprint density at radius 3 is 2.95 bits per heavy atom. The van der Waals surface area contributed by atoms with Crippen molar-refractivity contribution in [1.82, 2.24) is 5.32 Å². The van der Waals surface area contributed by atoms with Crippen LogP contribution in [0.2, 0.25) is 0 Å². The normalized spacial score (nSPS) is 28.1. The minimum atomic E-state index is 0.0730. The van der Waals surface area contributed by atoms with Gasteiger partial charge in [-0.3, -0.25) is 4.79 Å². The molecular weight excluding hydrogens is 238 g/mol. The number of aryl methyl sites for hydroxylation is 1. The van der Waals surface area contributed by atoms with E-state index < -0.39 is 0 Å². The number of amides is 1. The lowest BCUT2D eigenvalue weighted by molar-refractivity contribution is -0.120. The zero-order valence-corrected chi connectivity index (χ0v) is 10.9. The molecule has 2 aliphatic heterocycles. The van der Waals surface area contributed by atoms with Gasteiger partial charge in [0.15, 0.2) is 0 Å². The molecule has 4 heteroatoms. The molecule has 3 atom stereocenters. The van der Waals surface area contributed by atoms with E-state index in [1.54, 1.807) is 12.1 Å². The van der Waals surface area contributed by atoms with Crippen LogP contribution in [0.25, 0.3) is 0 Å². The number of rotatable bonds is 2. The Kier molecular flexibility index (Phi) is 3.00. The SMILES string of the molecule is Cc1ccc(C#N)cc1NC(=O)C1CC2CCC1N2. The van der Waals surface area contributed by atoms with Gasteiger partial charge < -0.3 is 10.6 Å². The molecule has 0 saturated carbocycles. The fourth-order valence-corrected chi connectivity index (χ4v) is 3.17. The van der Waals surface area contributed by atoms with Crippen molar-refractivity contribution in [3.8, 4) is 6.07 Å². The Bertz CT molecular complexity index is 561. The van der Waals surface area contributed by atoms with Crippen molar-refractivity contribution in [3.63, 3.8) is 0 Å². The first-order valence-electron chi connectivity index (χ1n) is 6.75. The fraction of sp³-hybridized carbons (Fsp3) is 0.467. The molecule has 0 radical (unpaired) electrons. The lowest BCUT2D eigenvalue weighted by Gasteiger charge is -2.20. The first kappa shape index (κ1) is 12.2. The molecule has 3 unspecified atom stereocenters. The van der Waals surface area contributed by atoms with Gasteiger partial charge in [-0.25, -0.2) is 0 Å². The van der Waals surface area contributed by atoms with Crippen molar-refractivity contribution in [2.24, 2.45) is 5.92 Å². The van der Waals surface area contributed by atoms with E-state index in [4.69, 9.17) is 5.26 Å². The predicted molar refractivity (Wildman–Crippen MR) is 72.6 cm³/mol. The molecule has 0 spiro atoms. The van der Waals surface area contributed by atoms with Crippen LogP contribution in [-0.4, -0.2) is 18.0 Å². The van der Waals surface area contributed by atoms with Crippen LogP contribution in [0.15, 0.2) is 18.2 Å². The number of anilines is 1. The minimum absolute atomic E-state index is 0.0730. The minimum Gasteiger partial charge on any atom is -0.326 e. The molecule has 1 aromatic carbocycles. The Morgan fingerprint density at radius 1 is 1.47 bits per heavy atom. The van der Waals surface area contributed by atoms with Crippen molar-refractivity contribution in [1.29, 1.82) is 5.26 Å². The zero-order valence-electron chi connectivity index (χ0n) is 10.9. The number of fused-ring (bicyclic) bond motifs is 2. The Labute approximate surface area is 112 Å². The molecular formula is C15H17N3O. The third-order valence-electron chi connectivity index (χ3n) is 4.26. The first-order chi connectivity index (χ1) is 9.17. The summed E-state index contributed by atoms with van der Waals surface area (Å²) in [4.78, 5) is 12.3. The van der Waals surface area contributed by atoms with Crippen LogP contribution in [-0.2, 0) is 4.79 Å². The molecule has 98 valence electrons. The number of nitriles is 1. The Morgan fingerprint density at radius 2 is 2.32 bits per heavy atom. The topological polar surface area (TPSA) is 64.9 Å². The highest BCUT2D eigenvalue weighted by Gasteiger charge is 2.42. The van der Waals surface area contributed by atoms with Crippen LogP contribution in [0.5, 0.6) is 0 Å². The summed E-state index contributed by atoms with van der Waals surface area (Å²) in [6.07, 6.45) is 3.23. The largest absolute Gasteiger partial charge is 0.326 e. The number of benzene rings is 1. The molecule has 1 amide bonds. The van der Waals surface area contributed by atoms with Gasteiger partial charge in [0.25, 0.3) is 0 Å². The van der Waals surface area contributed by atoms with Crippen molar-refractivity contribution < 1.29 is 4.79 Å². The van der Waals surface area contributed by atoms with E-state index in [2.05, 4.69) is 16.7 Å². The molecule has 2 heterocycles. The molecule has 2 aliphatic rings. The summed E-state index contributed by atoms with van der Waals surface area (Å²) in [6.45, 7) is 1.94. The Balaban J connectivity index is 1.75. The smallest absolute Gasteiger partial charge is 0.229 e. The van der Waals surface area contributed by atoms with Crippen LogP contribution >= 0.6 is 0 Å². The quantitative estimate of drug-likeness (QED) is 0.849. The molecule has 2 saturated heterocycles. The molecule has 3 rings (SSSR count). The van der Waals surface area contributed by atoms with Crippen molar-refractivity contribution in [3.05, 3.63) is 29.3 Å². The third kappa shape index (κ3) is 2.22. The molecule has 0 aromatic heterocycles. The number of carbonyl (C=O) groups excluding carboxylic acids is 1. The third-order valence-corrected chi connectivity index (χ3v) is 4.26. The number of hydrogen-bond acceptors (Lipinski definition) is 3. The van der Waals surface area contributed by atoms with Crippen molar-refractivity contribution >= 4 is 11.6 Å². The van der Waals surface area contributed by atoms with E-state index in [1.165, 1.54) is 6.42 Å². The summed E-state index contributed by atoms with van der Waals surface area (Å²) >= 11 is 0. The fourth-order valence-electron chi connectivity index (χ4n) is 3.17. The summed E-state index contributed by atoms with van der Waals surface area (Å²) in [5.41, 5.74) is 2.32. The molecule has 2 fully saturated rings. The number of hydrogen-bond donors (Lipinski definition) is 2. The van der Waals surface area contributed by atoms with Gasteiger partial charge >= 0.3 is 0 Å². The summed E-state index contributed by atoms with van der Waals surface area (Å²) in [5.74, 6) is 0.154. The molecule has 0 aliphatic carbocycles. The number of nitrogens with zero attached hydrogens (tertiary/aromatic N) is 1. The maximum absolute atomic E-state index is 12.3. The summed E-state index contributed by atoms with van der Waals surface area (Å²) in [7, 11) is 0. The van der Waals surface area contributed by atoms with Crippen LogP contribution in [0.1, 0.15) is 30.4 Å². The van der Waals surface area contributed by atoms with E-state index in [0.29, 0.717) is 17.6 Å². The second-order valence-corrected chi connectivity index (χ2v) is 5.52. The number of nitrogens with one attached hydrogen (secondary N) is 2. The zero-order chi connectivity index (χ0) is 13.4. The van der Waals surface area contributed by atoms with Gasteiger partial charge in [0.2, 0.25) is 5.91 Å². The average molecular weight is 255 g/mol. The summed E-state index contributed by atoms with van der Waals surface area (Å²) < 4.78 is 0. The standard InChI is InChI=1S/C15H17N3O/c1-9-2-3-10(8-16)6-14(9)18-15(19)12-7-11-4-5-13(12)17-11/h2-3,6,11-13,17H,4-5,7H2,1H3,(H,18,19). The maximum atomic E-state index is 12.3. The van der Waals surface area contributed by atoms with E-state index in [-0.39, 0.29) is 11.8 Å². The van der Waals surface area contributed by atoms with E-state index in [9.17, 15) is 4.79 Å². The second-order valence-electron chi connectivity index (χ2n) is 5.52. The molecule has 19 heavy (non-hydrogen) atoms. The lowest BCUT2D eigenvalue weighted by atomic mass is 9.88. The molecule has 1 aromatic rings. The van der Waals surface area contributed by atoms with Gasteiger partial charge in [0.1, 0.15) is 0 Å². The highest BCUT2D eigenvalue weighted by atomic mass is 16.2. The van der Waals surface area contributed by atoms with Crippen molar-refractivity contribution in [2.45, 2.75) is 38.3 Å². The maximum Gasteiger partial charge on any atom is 0.229 e. The van der Waals surface area contributed by atoms with Gasteiger partial charge in [-0.2, -0.15) is 5.26 Å². The lowest BCUT2D eigenvalue weighted by Crippen LogP contribution is -2.33. The number of carbonyl (C=O) groups is 1. The van der Waals surface area contributed by atoms with Crippen LogP contribution < -0.4 is 10.6 Å². The predicted octanol–water partition coefficient (Wildman–Crippen LogP) is 1.95. The van der Waals surface area contributed by atoms with Crippen LogP contribution in [0.4, 0.5) is 5.69 Å². The Hall–Kier alpha value is -1.86. The van der Waals surface area contributed by atoms with E-state index >= 15 is 0 Å². The second kappa shape index (κ2) is 4.67. The van der Waals surface area contributed by atoms with Gasteiger partial charge in [-0.15, -0.1) is 0 Å². The summed E-state index contributed by atoms with van der Waals surface area (Å²) in [5, 5.41) is 15.4. The van der Waals surface area contributed by atoms with Gasteiger partial charge in [0.05, 0.1) is 17.6 Å². The summed E-state index contributed by atoms with van der Waals surface area (Å²) in [6, 6.07) is 8.34. The average Bonchev–Trinajstić information content (AvgIpc) is 3.03. The van der Waals surface area contributed by atoms with Crippen LogP contribution in [0, 0.1) is 24.2 Å². The monoisotopic (exact) mass is 255 g/mol. The first-order valence-corrected chi connectivity index (χ1v) is 6.75.